The number of hydrogen-bond acceptors (Lipinski definition) is 2. The van der Waals surface area contributed by atoms with Gasteiger partial charge in [-0.3, -0.25) is 4.79 Å². The van der Waals surface area contributed by atoms with Gasteiger partial charge >= 0.3 is 5.97 Å². The van der Waals surface area contributed by atoms with E-state index in [1.54, 1.807) is 6.92 Å². The van der Waals surface area contributed by atoms with E-state index in [9.17, 15) is 4.79 Å². The van der Waals surface area contributed by atoms with Crippen molar-refractivity contribution in [1.29, 1.82) is 0 Å². The van der Waals surface area contributed by atoms with Crippen molar-refractivity contribution in [3.8, 4) is 0 Å². The van der Waals surface area contributed by atoms with Crippen LogP contribution in [0.5, 0.6) is 0 Å². The second-order valence-corrected chi connectivity index (χ2v) is 3.24. The average molecular weight is 165 g/mol. The lowest BCUT2D eigenvalue weighted by atomic mass is 10.2. The lowest BCUT2D eigenvalue weighted by molar-refractivity contribution is -0.148. The van der Waals surface area contributed by atoms with Gasteiger partial charge in [-0.25, -0.2) is 0 Å². The van der Waals surface area contributed by atoms with Crippen molar-refractivity contribution in [3.05, 3.63) is 0 Å². The van der Waals surface area contributed by atoms with Gasteiger partial charge in [0, 0.05) is 13.3 Å². The Morgan fingerprint density at radius 2 is 2.20 bits per heavy atom. The molecule has 0 fully saturated rings. The predicted molar refractivity (Wildman–Crippen MR) is 40.9 cm³/mol. The van der Waals surface area contributed by atoms with Crippen LogP contribution in [0.4, 0.5) is 0 Å². The van der Waals surface area contributed by atoms with Crippen LogP contribution in [-0.2, 0) is 9.53 Å². The summed E-state index contributed by atoms with van der Waals surface area (Å²) in [5, 5.41) is -0.805. The topological polar surface area (TPSA) is 26.3 Å². The largest absolute Gasteiger partial charge is 0.444 e. The van der Waals surface area contributed by atoms with Crippen LogP contribution >= 0.6 is 11.6 Å². The van der Waals surface area contributed by atoms with E-state index in [-0.39, 0.29) is 5.97 Å². The number of carbonyl (C=O) groups excluding carboxylic acids is 1. The zero-order valence-electron chi connectivity index (χ0n) is 6.61. The first-order chi connectivity index (χ1) is 4.48. The number of esters is 1. The van der Waals surface area contributed by atoms with E-state index >= 15 is 0 Å². The first kappa shape index (κ1) is 9.76. The first-order valence-corrected chi connectivity index (χ1v) is 3.74. The summed E-state index contributed by atoms with van der Waals surface area (Å²) in [7, 11) is 0. The predicted octanol–water partition coefficient (Wildman–Crippen LogP) is 2.30. The van der Waals surface area contributed by atoms with Gasteiger partial charge in [0.05, 0.1) is 0 Å². The Morgan fingerprint density at radius 3 is 2.50 bits per heavy atom. The highest BCUT2D eigenvalue weighted by molar-refractivity contribution is 6.23. The van der Waals surface area contributed by atoms with E-state index in [4.69, 9.17) is 16.3 Å². The minimum Gasteiger partial charge on any atom is -0.444 e. The third-order valence-electron chi connectivity index (χ3n) is 1.05. The lowest BCUT2D eigenvalue weighted by Crippen LogP contribution is -2.23. The molecule has 1 unspecified atom stereocenters. The van der Waals surface area contributed by atoms with Crippen LogP contribution in [0.25, 0.3) is 0 Å². The standard InChI is InChI=1S/C7H13ClO2/c1-4-5-7(3,8)10-6(2)9/h4-5H2,1-3H3. The average Bonchev–Trinajstić information content (AvgIpc) is 1.59. The molecule has 0 aromatic rings. The third-order valence-corrected chi connectivity index (χ3v) is 1.32. The highest BCUT2D eigenvalue weighted by Crippen LogP contribution is 2.22. The summed E-state index contributed by atoms with van der Waals surface area (Å²) in [5.41, 5.74) is 0. The fraction of sp³-hybridized carbons (Fsp3) is 0.857. The molecule has 0 N–H and O–H groups in total. The lowest BCUT2D eigenvalue weighted by Gasteiger charge is -2.20. The van der Waals surface area contributed by atoms with Gasteiger partial charge in [-0.15, -0.1) is 0 Å². The molecule has 0 amide bonds. The molecule has 60 valence electrons. The fourth-order valence-electron chi connectivity index (χ4n) is 0.797. The van der Waals surface area contributed by atoms with Gasteiger partial charge in [0.2, 0.25) is 0 Å². The minimum absolute atomic E-state index is 0.328. The maximum Gasteiger partial charge on any atom is 0.304 e. The molecule has 0 aliphatic heterocycles. The van der Waals surface area contributed by atoms with Crippen molar-refractivity contribution in [3.63, 3.8) is 0 Å². The van der Waals surface area contributed by atoms with Gasteiger partial charge < -0.3 is 4.74 Å². The molecule has 2 nitrogen and oxygen atoms in total. The fourth-order valence-corrected chi connectivity index (χ4v) is 1.09. The van der Waals surface area contributed by atoms with E-state index in [0.717, 1.165) is 6.42 Å². The normalized spacial score (nSPS) is 16.0. The molecule has 0 aliphatic carbocycles. The number of alkyl halides is 1. The Balaban J connectivity index is 3.74. The molecule has 10 heavy (non-hydrogen) atoms. The molecule has 0 saturated carbocycles. The Kier molecular flexibility index (Phi) is 3.72. The van der Waals surface area contributed by atoms with E-state index in [1.165, 1.54) is 6.92 Å². The second kappa shape index (κ2) is 3.81. The van der Waals surface area contributed by atoms with Crippen molar-refractivity contribution < 1.29 is 9.53 Å². The quantitative estimate of drug-likeness (QED) is 0.473. The smallest absolute Gasteiger partial charge is 0.304 e. The number of hydrogen-bond donors (Lipinski definition) is 0. The Labute approximate surface area is 66.5 Å². The number of carbonyl (C=O) groups is 1. The summed E-state index contributed by atoms with van der Waals surface area (Å²) in [6, 6.07) is 0. The van der Waals surface area contributed by atoms with Crippen LogP contribution in [0.15, 0.2) is 0 Å². The van der Waals surface area contributed by atoms with Gasteiger partial charge in [0.15, 0.2) is 5.06 Å². The molecule has 0 aromatic carbocycles. The zero-order valence-corrected chi connectivity index (χ0v) is 7.36. The van der Waals surface area contributed by atoms with Gasteiger partial charge in [-0.1, -0.05) is 24.9 Å². The molecule has 0 heterocycles. The van der Waals surface area contributed by atoms with Crippen LogP contribution in [0, 0.1) is 0 Å². The molecule has 1 atom stereocenters. The van der Waals surface area contributed by atoms with Crippen molar-refractivity contribution in [2.45, 2.75) is 38.7 Å². The van der Waals surface area contributed by atoms with Crippen LogP contribution in [-0.4, -0.2) is 11.0 Å². The maximum absolute atomic E-state index is 10.4. The van der Waals surface area contributed by atoms with Crippen LogP contribution in [0.2, 0.25) is 0 Å². The molecule has 0 aromatic heterocycles. The maximum atomic E-state index is 10.4. The molecular formula is C7H13ClO2. The van der Waals surface area contributed by atoms with E-state index in [0.29, 0.717) is 6.42 Å². The van der Waals surface area contributed by atoms with Crippen molar-refractivity contribution in [1.82, 2.24) is 0 Å². The van der Waals surface area contributed by atoms with Gasteiger partial charge in [-0.2, -0.15) is 0 Å². The highest BCUT2D eigenvalue weighted by atomic mass is 35.5. The van der Waals surface area contributed by atoms with Crippen LogP contribution in [0.1, 0.15) is 33.6 Å². The Morgan fingerprint density at radius 1 is 1.70 bits per heavy atom. The number of ether oxygens (including phenoxy) is 1. The van der Waals surface area contributed by atoms with Crippen LogP contribution < -0.4 is 0 Å². The highest BCUT2D eigenvalue weighted by Gasteiger charge is 2.22. The summed E-state index contributed by atoms with van der Waals surface area (Å²) >= 11 is 5.79. The Hall–Kier alpha value is -0.240. The SMILES string of the molecule is CCCC(C)(Cl)OC(C)=O. The van der Waals surface area contributed by atoms with Gasteiger partial charge in [0.1, 0.15) is 0 Å². The monoisotopic (exact) mass is 164 g/mol. The molecule has 0 saturated heterocycles. The molecule has 3 heteroatoms. The van der Waals surface area contributed by atoms with Crippen LogP contribution in [0.3, 0.4) is 0 Å². The summed E-state index contributed by atoms with van der Waals surface area (Å²) in [4.78, 5) is 10.4. The summed E-state index contributed by atoms with van der Waals surface area (Å²) in [6.45, 7) is 5.04. The number of halogens is 1. The second-order valence-electron chi connectivity index (χ2n) is 2.45. The van der Waals surface area contributed by atoms with Crippen molar-refractivity contribution >= 4 is 17.6 Å². The van der Waals surface area contributed by atoms with E-state index in [2.05, 4.69) is 0 Å². The summed E-state index contributed by atoms with van der Waals surface area (Å²) < 4.78 is 4.80. The first-order valence-electron chi connectivity index (χ1n) is 3.36. The molecule has 0 radical (unpaired) electrons. The van der Waals surface area contributed by atoms with Gasteiger partial charge in [0.25, 0.3) is 0 Å². The minimum atomic E-state index is -0.805. The summed E-state index contributed by atoms with van der Waals surface area (Å²) in [6.07, 6.45) is 1.60. The Bertz CT molecular complexity index is 121. The number of rotatable bonds is 3. The molecule has 0 aliphatic rings. The molecule has 0 spiro atoms. The molecule has 0 bridgehead atoms. The zero-order chi connectivity index (χ0) is 8.20. The van der Waals surface area contributed by atoms with E-state index < -0.39 is 5.06 Å². The van der Waals surface area contributed by atoms with Crippen molar-refractivity contribution in [2.75, 3.05) is 0 Å². The van der Waals surface area contributed by atoms with Crippen molar-refractivity contribution in [2.24, 2.45) is 0 Å². The molecular weight excluding hydrogens is 152 g/mol. The van der Waals surface area contributed by atoms with Gasteiger partial charge in [-0.05, 0) is 6.92 Å². The third kappa shape index (κ3) is 4.62. The molecule has 0 rings (SSSR count). The summed E-state index contributed by atoms with van der Waals surface area (Å²) in [5.74, 6) is -0.328. The van der Waals surface area contributed by atoms with E-state index in [1.807, 2.05) is 6.92 Å².